The average molecular weight is 327 g/mol. The molecule has 0 radical (unpaired) electrons. The summed E-state index contributed by atoms with van der Waals surface area (Å²) in [6.45, 7) is 4.11. The number of benzene rings is 1. The number of nitrogens with zero attached hydrogens (tertiary/aromatic N) is 1. The van der Waals surface area contributed by atoms with Gasteiger partial charge in [0, 0.05) is 17.1 Å². The molecule has 1 heterocycles. The van der Waals surface area contributed by atoms with Gasteiger partial charge in [-0.25, -0.2) is 0 Å². The van der Waals surface area contributed by atoms with Gasteiger partial charge in [0.05, 0.1) is 5.56 Å². The molecular weight excluding hydrogens is 308 g/mol. The molecule has 0 bridgehead atoms. The number of nitrogens with one attached hydrogen (secondary N) is 1. The number of amides is 1. The standard InChI is InChI=1S/C14H19BrN2O2/c1-9-8-17(2)6-5-12(9)16-14(19)11-4-3-10(15)7-13(11)18/h3-4,7,9,12,18H,5-6,8H2,1-2H3,(H,16,19). The smallest absolute Gasteiger partial charge is 0.255 e. The molecule has 104 valence electrons. The van der Waals surface area contributed by atoms with E-state index in [2.05, 4.69) is 40.1 Å². The molecular formula is C14H19BrN2O2. The molecule has 1 amide bonds. The number of carbonyl (C=O) groups is 1. The highest BCUT2D eigenvalue weighted by Gasteiger charge is 2.26. The second-order valence-corrected chi connectivity index (χ2v) is 6.19. The summed E-state index contributed by atoms with van der Waals surface area (Å²) < 4.78 is 0.759. The fraction of sp³-hybridized carbons (Fsp3) is 0.500. The van der Waals surface area contributed by atoms with Crippen LogP contribution in [0, 0.1) is 5.92 Å². The summed E-state index contributed by atoms with van der Waals surface area (Å²) in [5.41, 5.74) is 0.328. The Labute approximate surface area is 121 Å². The van der Waals surface area contributed by atoms with Gasteiger partial charge in [0.2, 0.25) is 0 Å². The van der Waals surface area contributed by atoms with Crippen molar-refractivity contribution in [2.45, 2.75) is 19.4 Å². The average Bonchev–Trinajstić information content (AvgIpc) is 2.32. The zero-order valence-corrected chi connectivity index (χ0v) is 12.8. The van der Waals surface area contributed by atoms with Crippen LogP contribution in [0.1, 0.15) is 23.7 Å². The molecule has 2 N–H and O–H groups in total. The van der Waals surface area contributed by atoms with Crippen molar-refractivity contribution >= 4 is 21.8 Å². The number of piperidine rings is 1. The Balaban J connectivity index is 2.04. The van der Waals surface area contributed by atoms with Gasteiger partial charge in [0.25, 0.3) is 5.91 Å². The van der Waals surface area contributed by atoms with Crippen LogP contribution in [0.5, 0.6) is 5.75 Å². The lowest BCUT2D eigenvalue weighted by Crippen LogP contribution is -2.48. The summed E-state index contributed by atoms with van der Waals surface area (Å²) in [5, 5.41) is 12.8. The fourth-order valence-electron chi connectivity index (χ4n) is 2.51. The molecule has 2 rings (SSSR count). The Morgan fingerprint density at radius 3 is 2.89 bits per heavy atom. The molecule has 2 unspecified atom stereocenters. The van der Waals surface area contributed by atoms with E-state index in [4.69, 9.17) is 0 Å². The van der Waals surface area contributed by atoms with Crippen LogP contribution in [0.4, 0.5) is 0 Å². The third-order valence-electron chi connectivity index (χ3n) is 3.63. The van der Waals surface area contributed by atoms with Crippen molar-refractivity contribution < 1.29 is 9.90 Å². The first-order chi connectivity index (χ1) is 8.97. The summed E-state index contributed by atoms with van der Waals surface area (Å²) in [6, 6.07) is 5.10. The monoisotopic (exact) mass is 326 g/mol. The van der Waals surface area contributed by atoms with E-state index in [1.165, 1.54) is 6.07 Å². The largest absolute Gasteiger partial charge is 0.507 e. The Hall–Kier alpha value is -1.07. The van der Waals surface area contributed by atoms with Crippen LogP contribution < -0.4 is 5.32 Å². The van der Waals surface area contributed by atoms with Gasteiger partial charge < -0.3 is 15.3 Å². The zero-order chi connectivity index (χ0) is 14.0. The Kier molecular flexibility index (Phi) is 4.47. The molecule has 2 atom stereocenters. The molecule has 5 heteroatoms. The van der Waals surface area contributed by atoms with Crippen LogP contribution in [-0.2, 0) is 0 Å². The molecule has 1 saturated heterocycles. The summed E-state index contributed by atoms with van der Waals surface area (Å²) in [4.78, 5) is 14.4. The minimum atomic E-state index is -0.202. The highest BCUT2D eigenvalue weighted by molar-refractivity contribution is 9.10. The predicted octanol–water partition coefficient (Wildman–Crippen LogP) is 2.22. The van der Waals surface area contributed by atoms with Gasteiger partial charge in [-0.05, 0) is 44.1 Å². The molecule has 1 aliphatic heterocycles. The van der Waals surface area contributed by atoms with Gasteiger partial charge in [-0.1, -0.05) is 22.9 Å². The van der Waals surface area contributed by atoms with Gasteiger partial charge in [-0.3, -0.25) is 4.79 Å². The number of hydrogen-bond donors (Lipinski definition) is 2. The normalized spacial score (nSPS) is 24.2. The van der Waals surface area contributed by atoms with Crippen molar-refractivity contribution in [2.75, 3.05) is 20.1 Å². The lowest BCUT2D eigenvalue weighted by molar-refractivity contribution is 0.0881. The van der Waals surface area contributed by atoms with Gasteiger partial charge in [-0.2, -0.15) is 0 Å². The van der Waals surface area contributed by atoms with E-state index in [0.29, 0.717) is 11.5 Å². The van der Waals surface area contributed by atoms with Crippen LogP contribution in [0.3, 0.4) is 0 Å². The second kappa shape index (κ2) is 5.92. The van der Waals surface area contributed by atoms with Crippen molar-refractivity contribution in [3.8, 4) is 5.75 Å². The van der Waals surface area contributed by atoms with Crippen molar-refractivity contribution in [2.24, 2.45) is 5.92 Å². The molecule has 19 heavy (non-hydrogen) atoms. The number of rotatable bonds is 2. The van der Waals surface area contributed by atoms with E-state index in [1.54, 1.807) is 12.1 Å². The number of carbonyl (C=O) groups excluding carboxylic acids is 1. The Morgan fingerprint density at radius 2 is 2.26 bits per heavy atom. The molecule has 0 aromatic heterocycles. The number of aromatic hydroxyl groups is 1. The summed E-state index contributed by atoms with van der Waals surface area (Å²) in [6.07, 6.45) is 0.945. The van der Waals surface area contributed by atoms with Crippen molar-refractivity contribution in [3.63, 3.8) is 0 Å². The molecule has 0 spiro atoms. The Morgan fingerprint density at radius 1 is 1.53 bits per heavy atom. The van der Waals surface area contributed by atoms with E-state index in [0.717, 1.165) is 24.0 Å². The van der Waals surface area contributed by atoms with E-state index in [9.17, 15) is 9.90 Å². The number of halogens is 1. The number of likely N-dealkylation sites (tertiary alicyclic amines) is 1. The van der Waals surface area contributed by atoms with Gasteiger partial charge in [0.15, 0.2) is 0 Å². The lowest BCUT2D eigenvalue weighted by atomic mass is 9.94. The first-order valence-electron chi connectivity index (χ1n) is 6.45. The maximum Gasteiger partial charge on any atom is 0.255 e. The molecule has 1 aromatic rings. The van der Waals surface area contributed by atoms with Crippen LogP contribution in [-0.4, -0.2) is 42.1 Å². The van der Waals surface area contributed by atoms with E-state index in [1.807, 2.05) is 0 Å². The van der Waals surface area contributed by atoms with Crippen LogP contribution in [0.2, 0.25) is 0 Å². The van der Waals surface area contributed by atoms with Crippen molar-refractivity contribution in [1.29, 1.82) is 0 Å². The maximum absolute atomic E-state index is 12.2. The molecule has 1 aliphatic rings. The van der Waals surface area contributed by atoms with Crippen LogP contribution in [0.25, 0.3) is 0 Å². The highest BCUT2D eigenvalue weighted by Crippen LogP contribution is 2.23. The lowest BCUT2D eigenvalue weighted by Gasteiger charge is -2.35. The quantitative estimate of drug-likeness (QED) is 0.876. The molecule has 4 nitrogen and oxygen atoms in total. The van der Waals surface area contributed by atoms with Gasteiger partial charge >= 0.3 is 0 Å². The minimum absolute atomic E-state index is 0.00690. The molecule has 1 fully saturated rings. The topological polar surface area (TPSA) is 52.6 Å². The van der Waals surface area contributed by atoms with Crippen LogP contribution >= 0.6 is 15.9 Å². The van der Waals surface area contributed by atoms with E-state index in [-0.39, 0.29) is 17.7 Å². The van der Waals surface area contributed by atoms with E-state index < -0.39 is 0 Å². The number of phenolic OH excluding ortho intramolecular Hbond substituents is 1. The number of hydrogen-bond acceptors (Lipinski definition) is 3. The van der Waals surface area contributed by atoms with Gasteiger partial charge in [0.1, 0.15) is 5.75 Å². The second-order valence-electron chi connectivity index (χ2n) is 5.27. The fourth-order valence-corrected chi connectivity index (χ4v) is 2.86. The summed E-state index contributed by atoms with van der Waals surface area (Å²) in [5.74, 6) is 0.221. The van der Waals surface area contributed by atoms with Gasteiger partial charge in [-0.15, -0.1) is 0 Å². The third kappa shape index (κ3) is 3.48. The van der Waals surface area contributed by atoms with Crippen molar-refractivity contribution in [3.05, 3.63) is 28.2 Å². The molecule has 0 aliphatic carbocycles. The first kappa shape index (κ1) is 14.3. The highest BCUT2D eigenvalue weighted by atomic mass is 79.9. The van der Waals surface area contributed by atoms with Crippen molar-refractivity contribution in [1.82, 2.24) is 10.2 Å². The third-order valence-corrected chi connectivity index (χ3v) is 4.12. The molecule has 0 saturated carbocycles. The first-order valence-corrected chi connectivity index (χ1v) is 7.24. The van der Waals surface area contributed by atoms with E-state index >= 15 is 0 Å². The zero-order valence-electron chi connectivity index (χ0n) is 11.2. The Bertz CT molecular complexity index is 479. The predicted molar refractivity (Wildman–Crippen MR) is 78.3 cm³/mol. The maximum atomic E-state index is 12.2. The summed E-state index contributed by atoms with van der Waals surface area (Å²) >= 11 is 3.26. The number of phenols is 1. The minimum Gasteiger partial charge on any atom is -0.507 e. The van der Waals surface area contributed by atoms with Crippen LogP contribution in [0.15, 0.2) is 22.7 Å². The summed E-state index contributed by atoms with van der Waals surface area (Å²) in [7, 11) is 2.09. The SMILES string of the molecule is CC1CN(C)CCC1NC(=O)c1ccc(Br)cc1O. The molecule has 1 aromatic carbocycles.